The number of aryl methyl sites for hydroxylation is 1. The number of thiazole rings is 1. The number of benzene rings is 1. The number of rotatable bonds is 4. The molecule has 0 atom stereocenters. The zero-order chi connectivity index (χ0) is 15.6. The molecule has 3 N–H and O–H groups in total. The third-order valence-corrected chi connectivity index (χ3v) is 4.53. The number of halogens is 1. The number of hydrogen-bond donors (Lipinski definition) is 2. The Balaban J connectivity index is 2.24. The van der Waals surface area contributed by atoms with Crippen LogP contribution in [0.1, 0.15) is 22.2 Å². The second kappa shape index (κ2) is 6.32. The molecule has 0 aliphatic rings. The summed E-state index contributed by atoms with van der Waals surface area (Å²) in [5, 5.41) is 3.99. The molecule has 0 radical (unpaired) electrons. The Morgan fingerprint density at radius 3 is 2.90 bits per heavy atom. The molecule has 0 unspecified atom stereocenters. The van der Waals surface area contributed by atoms with Gasteiger partial charge in [-0.25, -0.2) is 4.98 Å². The third-order valence-electron chi connectivity index (χ3n) is 3.02. The Hall–Kier alpha value is -1.79. The predicted molar refractivity (Wildman–Crippen MR) is 89.6 cm³/mol. The lowest BCUT2D eigenvalue weighted by atomic mass is 10.2. The van der Waals surface area contributed by atoms with Crippen LogP contribution in [0.2, 0.25) is 5.02 Å². The maximum Gasteiger partial charge on any atom is 0.269 e. The van der Waals surface area contributed by atoms with E-state index >= 15 is 0 Å². The molecule has 0 bridgehead atoms. The molecule has 2 rings (SSSR count). The fraction of sp³-hybridized carbons (Fsp3) is 0.286. The van der Waals surface area contributed by atoms with Gasteiger partial charge in [-0.15, -0.1) is 0 Å². The molecule has 0 spiro atoms. The molecule has 0 aliphatic heterocycles. The first-order valence-electron chi connectivity index (χ1n) is 6.47. The molecule has 2 aromatic rings. The van der Waals surface area contributed by atoms with E-state index in [-0.39, 0.29) is 11.7 Å². The van der Waals surface area contributed by atoms with Gasteiger partial charge in [0.25, 0.3) is 5.91 Å². The Morgan fingerprint density at radius 2 is 2.24 bits per heavy atom. The maximum atomic E-state index is 12.3. The van der Waals surface area contributed by atoms with E-state index in [9.17, 15) is 4.79 Å². The van der Waals surface area contributed by atoms with E-state index in [4.69, 9.17) is 17.3 Å². The summed E-state index contributed by atoms with van der Waals surface area (Å²) in [4.78, 5) is 18.9. The quantitative estimate of drug-likeness (QED) is 0.904. The number of aromatic nitrogens is 1. The van der Waals surface area contributed by atoms with Crippen LogP contribution in [-0.4, -0.2) is 24.5 Å². The monoisotopic (exact) mass is 324 g/mol. The standard InChI is InChI=1S/C14H17ClN4OS/c1-4-19(3)14-18-12(16)11(21-14)13(20)17-10-7-8(2)5-6-9(10)15/h5-7H,4,16H2,1-3H3,(H,17,20). The summed E-state index contributed by atoms with van der Waals surface area (Å²) in [6.45, 7) is 4.73. The Labute approximate surface area is 132 Å². The van der Waals surface area contributed by atoms with E-state index in [0.29, 0.717) is 15.6 Å². The number of amides is 1. The number of hydrogen-bond acceptors (Lipinski definition) is 5. The number of nitrogens with one attached hydrogen (secondary N) is 1. The third kappa shape index (κ3) is 3.46. The summed E-state index contributed by atoms with van der Waals surface area (Å²) < 4.78 is 0. The van der Waals surface area contributed by atoms with Gasteiger partial charge in [0.15, 0.2) is 5.13 Å². The van der Waals surface area contributed by atoms with E-state index in [2.05, 4.69) is 10.3 Å². The Morgan fingerprint density at radius 1 is 1.52 bits per heavy atom. The van der Waals surface area contributed by atoms with Gasteiger partial charge in [0.1, 0.15) is 10.7 Å². The van der Waals surface area contributed by atoms with Crippen molar-refractivity contribution in [2.24, 2.45) is 0 Å². The first-order valence-corrected chi connectivity index (χ1v) is 7.66. The van der Waals surface area contributed by atoms with Crippen molar-refractivity contribution >= 4 is 45.5 Å². The van der Waals surface area contributed by atoms with Gasteiger partial charge in [0.05, 0.1) is 10.7 Å². The predicted octanol–water partition coefficient (Wildman–Crippen LogP) is 3.40. The van der Waals surface area contributed by atoms with Gasteiger partial charge < -0.3 is 16.0 Å². The SMILES string of the molecule is CCN(C)c1nc(N)c(C(=O)Nc2cc(C)ccc2Cl)s1. The van der Waals surface area contributed by atoms with E-state index in [0.717, 1.165) is 17.2 Å². The molecule has 7 heteroatoms. The molecular formula is C14H17ClN4OS. The van der Waals surface area contributed by atoms with Gasteiger partial charge in [-0.1, -0.05) is 29.0 Å². The van der Waals surface area contributed by atoms with Crippen molar-refractivity contribution in [3.63, 3.8) is 0 Å². The van der Waals surface area contributed by atoms with Crippen molar-refractivity contribution in [1.29, 1.82) is 0 Å². The van der Waals surface area contributed by atoms with Gasteiger partial charge in [-0.3, -0.25) is 4.79 Å². The van der Waals surface area contributed by atoms with Gasteiger partial charge in [0, 0.05) is 13.6 Å². The fourth-order valence-electron chi connectivity index (χ4n) is 1.70. The van der Waals surface area contributed by atoms with Crippen LogP contribution < -0.4 is 16.0 Å². The van der Waals surface area contributed by atoms with Crippen molar-refractivity contribution in [3.05, 3.63) is 33.7 Å². The van der Waals surface area contributed by atoms with Crippen LogP contribution in [0.25, 0.3) is 0 Å². The summed E-state index contributed by atoms with van der Waals surface area (Å²) in [5.74, 6) is -0.0650. The lowest BCUT2D eigenvalue weighted by Gasteiger charge is -2.11. The van der Waals surface area contributed by atoms with Crippen molar-refractivity contribution in [2.75, 3.05) is 29.5 Å². The number of anilines is 3. The van der Waals surface area contributed by atoms with E-state index < -0.39 is 0 Å². The van der Waals surface area contributed by atoms with Crippen LogP contribution in [0.15, 0.2) is 18.2 Å². The number of nitrogens with zero attached hydrogens (tertiary/aromatic N) is 2. The van der Waals surface area contributed by atoms with Crippen LogP contribution in [0.5, 0.6) is 0 Å². The number of carbonyl (C=O) groups is 1. The van der Waals surface area contributed by atoms with Crippen molar-refractivity contribution in [1.82, 2.24) is 4.98 Å². The summed E-state index contributed by atoms with van der Waals surface area (Å²) in [6.07, 6.45) is 0. The minimum atomic E-state index is -0.298. The second-order valence-corrected chi connectivity index (χ2v) is 6.05. The van der Waals surface area contributed by atoms with Crippen molar-refractivity contribution < 1.29 is 4.79 Å². The normalized spacial score (nSPS) is 10.5. The molecule has 5 nitrogen and oxygen atoms in total. The molecule has 1 heterocycles. The molecule has 1 aromatic heterocycles. The van der Waals surface area contributed by atoms with Crippen LogP contribution in [0, 0.1) is 6.92 Å². The van der Waals surface area contributed by atoms with Crippen molar-refractivity contribution in [3.8, 4) is 0 Å². The largest absolute Gasteiger partial charge is 0.382 e. The van der Waals surface area contributed by atoms with Crippen LogP contribution in [0.3, 0.4) is 0 Å². The maximum absolute atomic E-state index is 12.3. The van der Waals surface area contributed by atoms with Crippen LogP contribution >= 0.6 is 22.9 Å². The fourth-order valence-corrected chi connectivity index (χ4v) is 2.77. The second-order valence-electron chi connectivity index (χ2n) is 4.66. The summed E-state index contributed by atoms with van der Waals surface area (Å²) in [5.41, 5.74) is 7.42. The molecule has 0 fully saturated rings. The van der Waals surface area contributed by atoms with E-state index in [1.165, 1.54) is 11.3 Å². The number of nitrogen functional groups attached to an aromatic ring is 1. The summed E-state index contributed by atoms with van der Waals surface area (Å²) >= 11 is 7.34. The van der Waals surface area contributed by atoms with Gasteiger partial charge >= 0.3 is 0 Å². The smallest absolute Gasteiger partial charge is 0.269 e. The lowest BCUT2D eigenvalue weighted by molar-refractivity contribution is 0.103. The van der Waals surface area contributed by atoms with Crippen molar-refractivity contribution in [2.45, 2.75) is 13.8 Å². The first-order chi connectivity index (χ1) is 9.92. The Kier molecular flexibility index (Phi) is 4.69. The number of carbonyl (C=O) groups excluding carboxylic acids is 1. The minimum absolute atomic E-state index is 0.233. The summed E-state index contributed by atoms with van der Waals surface area (Å²) in [6, 6.07) is 5.45. The first kappa shape index (κ1) is 15.6. The highest BCUT2D eigenvalue weighted by atomic mass is 35.5. The average Bonchev–Trinajstić information content (AvgIpc) is 2.84. The lowest BCUT2D eigenvalue weighted by Crippen LogP contribution is -2.15. The summed E-state index contributed by atoms with van der Waals surface area (Å²) in [7, 11) is 1.90. The zero-order valence-corrected chi connectivity index (χ0v) is 13.7. The van der Waals surface area contributed by atoms with Crippen LogP contribution in [0.4, 0.5) is 16.6 Å². The zero-order valence-electron chi connectivity index (χ0n) is 12.1. The highest BCUT2D eigenvalue weighted by molar-refractivity contribution is 7.18. The average molecular weight is 325 g/mol. The molecule has 0 aliphatic carbocycles. The highest BCUT2D eigenvalue weighted by Gasteiger charge is 2.18. The van der Waals surface area contributed by atoms with E-state index in [1.54, 1.807) is 6.07 Å². The Bertz CT molecular complexity index is 671. The minimum Gasteiger partial charge on any atom is -0.382 e. The van der Waals surface area contributed by atoms with Crippen LogP contribution in [-0.2, 0) is 0 Å². The van der Waals surface area contributed by atoms with Gasteiger partial charge in [0.2, 0.25) is 0 Å². The highest BCUT2D eigenvalue weighted by Crippen LogP contribution is 2.29. The van der Waals surface area contributed by atoms with Gasteiger partial charge in [-0.05, 0) is 31.5 Å². The topological polar surface area (TPSA) is 71.2 Å². The molecular weight excluding hydrogens is 308 g/mol. The number of nitrogens with two attached hydrogens (primary N) is 1. The molecule has 0 saturated carbocycles. The van der Waals surface area contributed by atoms with Gasteiger partial charge in [-0.2, -0.15) is 0 Å². The van der Waals surface area contributed by atoms with E-state index in [1.807, 2.05) is 37.9 Å². The molecule has 1 amide bonds. The molecule has 112 valence electrons. The molecule has 21 heavy (non-hydrogen) atoms. The molecule has 1 aromatic carbocycles. The molecule has 0 saturated heterocycles.